The van der Waals surface area contributed by atoms with E-state index in [1.54, 1.807) is 13.2 Å². The lowest BCUT2D eigenvalue weighted by Gasteiger charge is -2.25. The van der Waals surface area contributed by atoms with Gasteiger partial charge in [-0.3, -0.25) is 9.00 Å². The molecule has 5 nitrogen and oxygen atoms in total. The third-order valence-electron chi connectivity index (χ3n) is 3.25. The Morgan fingerprint density at radius 1 is 1.41 bits per heavy atom. The minimum absolute atomic E-state index is 0.217. The summed E-state index contributed by atoms with van der Waals surface area (Å²) in [4.78, 5) is 12.1. The molecule has 0 saturated heterocycles. The van der Waals surface area contributed by atoms with Gasteiger partial charge in [0.25, 0.3) is 0 Å². The fraction of sp³-hybridized carbons (Fsp3) is 0.562. The van der Waals surface area contributed by atoms with Crippen molar-refractivity contribution >= 4 is 22.4 Å². The highest BCUT2D eigenvalue weighted by Gasteiger charge is 2.27. The van der Waals surface area contributed by atoms with Crippen LogP contribution in [0.15, 0.2) is 24.3 Å². The highest BCUT2D eigenvalue weighted by atomic mass is 32.2. The number of nitrogens with one attached hydrogen (secondary N) is 1. The molecule has 1 rings (SSSR count). The van der Waals surface area contributed by atoms with Gasteiger partial charge < -0.3 is 15.8 Å². The predicted octanol–water partition coefficient (Wildman–Crippen LogP) is 1.89. The van der Waals surface area contributed by atoms with Crippen molar-refractivity contribution in [2.45, 2.75) is 32.6 Å². The van der Waals surface area contributed by atoms with Crippen LogP contribution in [0.3, 0.4) is 0 Å². The molecule has 1 aromatic carbocycles. The summed E-state index contributed by atoms with van der Waals surface area (Å²) < 4.78 is 16.8. The molecule has 0 aromatic heterocycles. The molecule has 124 valence electrons. The van der Waals surface area contributed by atoms with E-state index in [4.69, 9.17) is 10.5 Å². The Morgan fingerprint density at radius 3 is 2.68 bits per heavy atom. The Kier molecular flexibility index (Phi) is 7.19. The van der Waals surface area contributed by atoms with Crippen LogP contribution in [-0.4, -0.2) is 35.6 Å². The van der Waals surface area contributed by atoms with Gasteiger partial charge in [0.05, 0.1) is 12.6 Å². The Balaban J connectivity index is 2.68. The number of carbonyl (C=O) groups is 1. The second-order valence-corrected chi connectivity index (χ2v) is 7.89. The third-order valence-corrected chi connectivity index (χ3v) is 4.53. The maximum Gasteiger partial charge on any atom is 0.241 e. The molecule has 0 aliphatic carbocycles. The predicted molar refractivity (Wildman–Crippen MR) is 91.1 cm³/mol. The summed E-state index contributed by atoms with van der Waals surface area (Å²) in [6.45, 7) is 6.25. The summed E-state index contributed by atoms with van der Waals surface area (Å²) in [5.41, 5.74) is 7.22. The van der Waals surface area contributed by atoms with E-state index in [9.17, 15) is 9.00 Å². The van der Waals surface area contributed by atoms with Gasteiger partial charge in [0.15, 0.2) is 0 Å². The molecule has 0 aliphatic rings. The van der Waals surface area contributed by atoms with E-state index in [-0.39, 0.29) is 11.3 Å². The minimum atomic E-state index is -0.977. The van der Waals surface area contributed by atoms with Gasteiger partial charge in [-0.2, -0.15) is 0 Å². The molecule has 0 heterocycles. The van der Waals surface area contributed by atoms with Gasteiger partial charge in [-0.25, -0.2) is 0 Å². The number of hydrogen-bond acceptors (Lipinski definition) is 4. The summed E-state index contributed by atoms with van der Waals surface area (Å²) in [5.74, 6) is 0.727. The summed E-state index contributed by atoms with van der Waals surface area (Å²) >= 11 is 0. The number of anilines is 1. The van der Waals surface area contributed by atoms with E-state index >= 15 is 0 Å². The van der Waals surface area contributed by atoms with Gasteiger partial charge in [-0.05, 0) is 23.1 Å². The maximum atomic E-state index is 12.1. The number of hydrogen-bond donors (Lipinski definition) is 2. The lowest BCUT2D eigenvalue weighted by Crippen LogP contribution is -2.45. The second kappa shape index (κ2) is 8.41. The van der Waals surface area contributed by atoms with E-state index in [0.29, 0.717) is 23.8 Å². The highest BCUT2D eigenvalue weighted by molar-refractivity contribution is 7.84. The number of methoxy groups -OCH3 is 1. The molecule has 0 bridgehead atoms. The SMILES string of the molecule is COCCS(=O)Cc1cccc(NC(=O)[C@@H](N)C(C)(C)C)c1. The molecule has 0 aliphatic heterocycles. The van der Waals surface area contributed by atoms with Crippen molar-refractivity contribution in [2.24, 2.45) is 11.1 Å². The van der Waals surface area contributed by atoms with Gasteiger partial charge in [-0.1, -0.05) is 32.9 Å². The van der Waals surface area contributed by atoms with Crippen LogP contribution in [-0.2, 0) is 26.1 Å². The van der Waals surface area contributed by atoms with Crippen molar-refractivity contribution in [1.82, 2.24) is 0 Å². The van der Waals surface area contributed by atoms with Crippen LogP contribution in [0.5, 0.6) is 0 Å². The first-order chi connectivity index (χ1) is 10.2. The lowest BCUT2D eigenvalue weighted by molar-refractivity contribution is -0.119. The molecule has 0 saturated carbocycles. The van der Waals surface area contributed by atoms with Gasteiger partial charge in [-0.15, -0.1) is 0 Å². The second-order valence-electron chi connectivity index (χ2n) is 6.31. The fourth-order valence-electron chi connectivity index (χ4n) is 1.79. The average molecular weight is 326 g/mol. The smallest absolute Gasteiger partial charge is 0.241 e. The third kappa shape index (κ3) is 6.25. The topological polar surface area (TPSA) is 81.4 Å². The number of ether oxygens (including phenoxy) is 1. The number of benzene rings is 1. The number of rotatable bonds is 7. The Bertz CT molecular complexity index is 526. The monoisotopic (exact) mass is 326 g/mol. The zero-order valence-electron chi connectivity index (χ0n) is 13.7. The fourth-order valence-corrected chi connectivity index (χ4v) is 2.83. The van der Waals surface area contributed by atoms with Gasteiger partial charge in [0, 0.05) is 35.1 Å². The zero-order chi connectivity index (χ0) is 16.8. The van der Waals surface area contributed by atoms with Gasteiger partial charge in [0.1, 0.15) is 0 Å². The lowest BCUT2D eigenvalue weighted by atomic mass is 9.87. The molecule has 0 radical (unpaired) electrons. The average Bonchev–Trinajstić information content (AvgIpc) is 2.43. The first-order valence-corrected chi connectivity index (χ1v) is 8.72. The summed E-state index contributed by atoms with van der Waals surface area (Å²) in [5, 5.41) is 2.82. The molecule has 1 aromatic rings. The molecule has 2 atom stereocenters. The van der Waals surface area contributed by atoms with E-state index in [1.165, 1.54) is 0 Å². The van der Waals surface area contributed by atoms with Crippen LogP contribution < -0.4 is 11.1 Å². The van der Waals surface area contributed by atoms with Crippen molar-refractivity contribution in [3.8, 4) is 0 Å². The Labute approximate surface area is 135 Å². The van der Waals surface area contributed by atoms with Crippen LogP contribution in [0.25, 0.3) is 0 Å². The van der Waals surface area contributed by atoms with Crippen LogP contribution >= 0.6 is 0 Å². The molecule has 0 spiro atoms. The van der Waals surface area contributed by atoms with E-state index in [1.807, 2.05) is 39.0 Å². The van der Waals surface area contributed by atoms with Gasteiger partial charge in [0.2, 0.25) is 5.91 Å². The molecular formula is C16H26N2O3S. The Hall–Kier alpha value is -1.24. The molecule has 6 heteroatoms. The number of amides is 1. The highest BCUT2D eigenvalue weighted by Crippen LogP contribution is 2.19. The van der Waals surface area contributed by atoms with Crippen LogP contribution in [0.1, 0.15) is 26.3 Å². The van der Waals surface area contributed by atoms with E-state index in [0.717, 1.165) is 5.56 Å². The van der Waals surface area contributed by atoms with Crippen LogP contribution in [0, 0.1) is 5.41 Å². The molecule has 0 fully saturated rings. The summed E-state index contributed by atoms with van der Waals surface area (Å²) in [6.07, 6.45) is 0. The standard InChI is InChI=1S/C16H26N2O3S/c1-16(2,3)14(17)15(19)18-13-7-5-6-12(10-13)11-22(20)9-8-21-4/h5-7,10,14H,8-9,11,17H2,1-4H3,(H,18,19)/t14-,22?/m1/s1. The van der Waals surface area contributed by atoms with Crippen LogP contribution in [0.2, 0.25) is 0 Å². The van der Waals surface area contributed by atoms with Crippen molar-refractivity contribution in [1.29, 1.82) is 0 Å². The molecular weight excluding hydrogens is 300 g/mol. The quantitative estimate of drug-likeness (QED) is 0.802. The molecule has 22 heavy (non-hydrogen) atoms. The first kappa shape index (κ1) is 18.8. The Morgan fingerprint density at radius 2 is 2.09 bits per heavy atom. The maximum absolute atomic E-state index is 12.1. The normalized spacial score (nSPS) is 14.4. The number of carbonyl (C=O) groups excluding carboxylic acids is 1. The zero-order valence-corrected chi connectivity index (χ0v) is 14.5. The van der Waals surface area contributed by atoms with Crippen molar-refractivity contribution in [3.05, 3.63) is 29.8 Å². The molecule has 3 N–H and O–H groups in total. The summed E-state index contributed by atoms with van der Waals surface area (Å²) in [6, 6.07) is 6.77. The van der Waals surface area contributed by atoms with Crippen molar-refractivity contribution < 1.29 is 13.7 Å². The largest absolute Gasteiger partial charge is 0.384 e. The summed E-state index contributed by atoms with van der Waals surface area (Å²) in [7, 11) is 0.612. The van der Waals surface area contributed by atoms with Gasteiger partial charge >= 0.3 is 0 Å². The van der Waals surface area contributed by atoms with E-state index in [2.05, 4.69) is 5.32 Å². The van der Waals surface area contributed by atoms with Crippen molar-refractivity contribution in [3.63, 3.8) is 0 Å². The molecule has 1 unspecified atom stereocenters. The molecule has 1 amide bonds. The first-order valence-electron chi connectivity index (χ1n) is 7.23. The van der Waals surface area contributed by atoms with Crippen molar-refractivity contribution in [2.75, 3.05) is 24.8 Å². The van der Waals surface area contributed by atoms with Crippen LogP contribution in [0.4, 0.5) is 5.69 Å². The van der Waals surface area contributed by atoms with E-state index < -0.39 is 16.8 Å². The minimum Gasteiger partial charge on any atom is -0.384 e. The number of nitrogens with two attached hydrogens (primary N) is 1.